The summed E-state index contributed by atoms with van der Waals surface area (Å²) < 4.78 is 0. The van der Waals surface area contributed by atoms with E-state index in [4.69, 9.17) is 0 Å². The molecule has 0 spiro atoms. The van der Waals surface area contributed by atoms with Crippen molar-refractivity contribution in [2.45, 2.75) is 46.5 Å². The lowest BCUT2D eigenvalue weighted by atomic mass is 10.1. The van der Waals surface area contributed by atoms with Crippen molar-refractivity contribution in [2.75, 3.05) is 0 Å². The van der Waals surface area contributed by atoms with Crippen LogP contribution in [0.4, 0.5) is 0 Å². The fourth-order valence-corrected chi connectivity index (χ4v) is 0.786. The largest absolute Gasteiger partial charge is 0.131 e. The maximum absolute atomic E-state index is 3.10. The average molecular weight is 185 g/mol. The summed E-state index contributed by atoms with van der Waals surface area (Å²) in [5.74, 6) is 19.1. The molecule has 0 nitrogen and oxygen atoms in total. The van der Waals surface area contributed by atoms with Crippen LogP contribution >= 0.6 is 0 Å². The van der Waals surface area contributed by atoms with E-state index in [9.17, 15) is 0 Å². The summed E-state index contributed by atoms with van der Waals surface area (Å²) >= 11 is 0. The van der Waals surface area contributed by atoms with E-state index in [1.54, 1.807) is 0 Å². The molecule has 0 N–H and O–H groups in total. The fraction of sp³-hybridized carbons (Fsp3) is 0.500. The molecule has 0 atom stereocenters. The molecule has 0 saturated carbocycles. The first-order valence-corrected chi connectivity index (χ1v) is 5.08. The van der Waals surface area contributed by atoms with Crippen molar-refractivity contribution in [3.63, 3.8) is 0 Å². The molecule has 0 amide bonds. The van der Waals surface area contributed by atoms with Crippen LogP contribution in [-0.4, -0.2) is 0 Å². The van der Waals surface area contributed by atoms with Gasteiger partial charge in [-0.2, -0.15) is 0 Å². The highest BCUT2D eigenvalue weighted by molar-refractivity contribution is 5.40. The van der Waals surface area contributed by atoms with Crippen LogP contribution < -0.4 is 0 Å². The number of hydrogen-bond acceptors (Lipinski definition) is 0. The minimum absolute atomic E-state index is 0.695. The monoisotopic (exact) mass is 185 g/mol. The van der Waals surface area contributed by atoms with Crippen molar-refractivity contribution in [2.24, 2.45) is 0 Å². The van der Waals surface area contributed by atoms with Crippen LogP contribution in [0.2, 0.25) is 0 Å². The summed E-state index contributed by atoms with van der Waals surface area (Å²) in [7, 11) is 0. The molecule has 14 heavy (non-hydrogen) atoms. The molecule has 0 aromatic heterocycles. The van der Waals surface area contributed by atoms with Gasteiger partial charge in [0.1, 0.15) is 5.92 Å². The molecule has 0 saturated heterocycles. The predicted molar refractivity (Wildman–Crippen MR) is 62.1 cm³/mol. The van der Waals surface area contributed by atoms with E-state index in [-0.39, 0.29) is 0 Å². The van der Waals surface area contributed by atoms with Gasteiger partial charge in [-0.3, -0.25) is 0 Å². The first-order valence-electron chi connectivity index (χ1n) is 5.08. The van der Waals surface area contributed by atoms with E-state index in [0.717, 1.165) is 25.2 Å². The Morgan fingerprint density at radius 3 is 2.29 bits per heavy atom. The van der Waals surface area contributed by atoms with E-state index < -0.39 is 0 Å². The van der Waals surface area contributed by atoms with Gasteiger partial charge in [0.25, 0.3) is 0 Å². The average Bonchev–Trinajstić information content (AvgIpc) is 2.21. The quantitative estimate of drug-likeness (QED) is 0.580. The second-order valence-electron chi connectivity index (χ2n) is 2.79. The Kier molecular flexibility index (Phi) is 8.84. The lowest BCUT2D eigenvalue weighted by molar-refractivity contribution is 0.982. The highest BCUT2D eigenvalue weighted by Crippen LogP contribution is 2.02. The van der Waals surface area contributed by atoms with Gasteiger partial charge in [-0.25, -0.2) is 0 Å². The van der Waals surface area contributed by atoms with Crippen LogP contribution in [0.25, 0.3) is 0 Å². The van der Waals surface area contributed by atoms with Gasteiger partial charge in [-0.05, 0) is 13.3 Å². The topological polar surface area (TPSA) is 0 Å². The molecular weight excluding hydrogens is 168 g/mol. The second kappa shape index (κ2) is 9.77. The summed E-state index contributed by atoms with van der Waals surface area (Å²) in [5, 5.41) is 0. The molecule has 0 aromatic rings. The van der Waals surface area contributed by atoms with Crippen LogP contribution in [0.15, 0.2) is 0 Å². The van der Waals surface area contributed by atoms with Crippen molar-refractivity contribution in [1.29, 1.82) is 0 Å². The van der Waals surface area contributed by atoms with Crippen LogP contribution in [0.5, 0.6) is 0 Å². The van der Waals surface area contributed by atoms with Crippen molar-refractivity contribution < 1.29 is 0 Å². The predicted octanol–water partition coefficient (Wildman–Crippen LogP) is 3.19. The Hall–Kier alpha value is -1.32. The molecule has 0 heterocycles. The third-order valence-electron chi connectivity index (χ3n) is 1.47. The van der Waals surface area contributed by atoms with Crippen LogP contribution in [-0.2, 0) is 0 Å². The van der Waals surface area contributed by atoms with Crippen molar-refractivity contribution in [1.82, 2.24) is 0 Å². The van der Waals surface area contributed by atoms with E-state index in [1.165, 1.54) is 0 Å². The van der Waals surface area contributed by atoms with Crippen molar-refractivity contribution >= 4 is 0 Å². The maximum atomic E-state index is 3.10. The molecule has 0 fully saturated rings. The van der Waals surface area contributed by atoms with Gasteiger partial charge in [-0.1, -0.05) is 25.7 Å². The summed E-state index contributed by atoms with van der Waals surface area (Å²) in [6, 6.07) is 0. The first-order chi connectivity index (χ1) is 6.85. The Morgan fingerprint density at radius 2 is 1.71 bits per heavy atom. The van der Waals surface area contributed by atoms with Gasteiger partial charge in [0.15, 0.2) is 0 Å². The van der Waals surface area contributed by atoms with Gasteiger partial charge in [-0.15, -0.1) is 23.7 Å². The Labute approximate surface area is 88.5 Å². The lowest BCUT2D eigenvalue weighted by Crippen LogP contribution is -1.88. The summed E-state index contributed by atoms with van der Waals surface area (Å²) in [6.07, 6.45) is 3.61. The van der Waals surface area contributed by atoms with E-state index in [2.05, 4.69) is 42.4 Å². The van der Waals surface area contributed by atoms with Gasteiger partial charge in [0, 0.05) is 19.3 Å². The van der Waals surface area contributed by atoms with Gasteiger partial charge >= 0.3 is 0 Å². The standard InChI is InChI=1S/C14H17/c1-4-7-10-13-14(11-8-5-2)12-9-6-3/h4-5,7,12H2,1-3H3. The summed E-state index contributed by atoms with van der Waals surface area (Å²) in [4.78, 5) is 0. The summed E-state index contributed by atoms with van der Waals surface area (Å²) in [5.41, 5.74) is 0. The smallest absolute Gasteiger partial charge is 0.107 e. The van der Waals surface area contributed by atoms with Crippen LogP contribution in [0, 0.1) is 41.4 Å². The minimum Gasteiger partial charge on any atom is -0.107 e. The maximum Gasteiger partial charge on any atom is 0.131 e. The van der Waals surface area contributed by atoms with Gasteiger partial charge in [0.2, 0.25) is 0 Å². The normalized spacial score (nSPS) is 7.71. The molecule has 0 bridgehead atoms. The zero-order chi connectivity index (χ0) is 10.6. The summed E-state index contributed by atoms with van der Waals surface area (Å²) in [6.45, 7) is 6.00. The third-order valence-corrected chi connectivity index (χ3v) is 1.47. The Morgan fingerprint density at radius 1 is 1.00 bits per heavy atom. The molecule has 73 valence electrons. The second-order valence-corrected chi connectivity index (χ2v) is 2.79. The zero-order valence-electron chi connectivity index (χ0n) is 9.33. The van der Waals surface area contributed by atoms with Gasteiger partial charge < -0.3 is 0 Å². The van der Waals surface area contributed by atoms with Gasteiger partial charge in [0.05, 0.1) is 0 Å². The third kappa shape index (κ3) is 7.34. The van der Waals surface area contributed by atoms with Crippen molar-refractivity contribution in [3.05, 3.63) is 5.92 Å². The molecule has 0 aliphatic rings. The Balaban J connectivity index is 4.23. The number of hydrogen-bond donors (Lipinski definition) is 0. The van der Waals surface area contributed by atoms with E-state index >= 15 is 0 Å². The fourth-order valence-electron chi connectivity index (χ4n) is 0.786. The van der Waals surface area contributed by atoms with Crippen LogP contribution in [0.1, 0.15) is 46.5 Å². The Bertz CT molecular complexity index is 303. The molecule has 0 aliphatic heterocycles. The molecule has 1 radical (unpaired) electrons. The van der Waals surface area contributed by atoms with E-state index in [1.807, 2.05) is 13.8 Å². The highest BCUT2D eigenvalue weighted by atomic mass is 14.0. The lowest BCUT2D eigenvalue weighted by Gasteiger charge is -1.93. The number of unbranched alkanes of at least 4 members (excludes halogenated alkanes) is 1. The molecule has 0 unspecified atom stereocenters. The van der Waals surface area contributed by atoms with E-state index in [0.29, 0.717) is 6.42 Å². The number of rotatable bonds is 2. The molecule has 0 aromatic carbocycles. The van der Waals surface area contributed by atoms with Crippen LogP contribution in [0.3, 0.4) is 0 Å². The minimum atomic E-state index is 0.695. The molecule has 0 heteroatoms. The molecule has 0 aliphatic carbocycles. The highest BCUT2D eigenvalue weighted by Gasteiger charge is 1.97. The molecular formula is C14H17. The first kappa shape index (κ1) is 12.7. The zero-order valence-corrected chi connectivity index (χ0v) is 9.33. The van der Waals surface area contributed by atoms with Crippen molar-refractivity contribution in [3.8, 4) is 35.5 Å². The molecule has 0 rings (SSSR count). The SMILES string of the molecule is CC#CC[C](C#CCC)C#CCCC.